The third-order valence-corrected chi connectivity index (χ3v) is 4.76. The zero-order chi connectivity index (χ0) is 17.3. The van der Waals surface area contributed by atoms with Crippen LogP contribution < -0.4 is 10.1 Å². The number of halogens is 1. The van der Waals surface area contributed by atoms with Crippen molar-refractivity contribution >= 4 is 29.4 Å². The molecule has 1 N–H and O–H groups in total. The number of rotatable bonds is 3. The summed E-state index contributed by atoms with van der Waals surface area (Å²) in [5, 5.41) is 3.35. The molecule has 0 bridgehead atoms. The summed E-state index contributed by atoms with van der Waals surface area (Å²) >= 11 is 5.80. The zero-order valence-corrected chi connectivity index (χ0v) is 14.0. The molecule has 1 aromatic carbocycles. The Balaban J connectivity index is 1.53. The maximum Gasteiger partial charge on any atom is 0.324 e. The first-order valence-electron chi connectivity index (χ1n) is 7.68. The van der Waals surface area contributed by atoms with E-state index in [1.54, 1.807) is 29.2 Å². The average Bonchev–Trinajstić information content (AvgIpc) is 2.79. The molecule has 2 heterocycles. The predicted octanol–water partition coefficient (Wildman–Crippen LogP) is 1.26. The number of carbonyl (C=O) groups is 3. The van der Waals surface area contributed by atoms with Gasteiger partial charge in [-0.2, -0.15) is 0 Å². The van der Waals surface area contributed by atoms with Gasteiger partial charge in [0.2, 0.25) is 0 Å². The molecule has 7 nitrogen and oxygen atoms in total. The summed E-state index contributed by atoms with van der Waals surface area (Å²) in [7, 11) is 1.46. The van der Waals surface area contributed by atoms with Gasteiger partial charge in [-0.05, 0) is 37.1 Å². The molecule has 2 aliphatic heterocycles. The number of urea groups is 1. The van der Waals surface area contributed by atoms with E-state index in [9.17, 15) is 14.4 Å². The highest BCUT2D eigenvalue weighted by Gasteiger charge is 2.51. The highest BCUT2D eigenvalue weighted by molar-refractivity contribution is 6.30. The Morgan fingerprint density at radius 1 is 1.25 bits per heavy atom. The minimum absolute atomic E-state index is 0.0746. The Morgan fingerprint density at radius 3 is 2.42 bits per heavy atom. The summed E-state index contributed by atoms with van der Waals surface area (Å²) in [6.45, 7) is 0.736. The lowest BCUT2D eigenvalue weighted by Gasteiger charge is -2.37. The molecule has 0 atom stereocenters. The van der Waals surface area contributed by atoms with E-state index in [0.717, 1.165) is 4.90 Å². The van der Waals surface area contributed by atoms with Crippen LogP contribution >= 0.6 is 11.6 Å². The number of hydrogen-bond acceptors (Lipinski definition) is 4. The molecule has 0 saturated carbocycles. The highest BCUT2D eigenvalue weighted by atomic mass is 35.5. The van der Waals surface area contributed by atoms with Crippen LogP contribution in [0.5, 0.6) is 5.75 Å². The van der Waals surface area contributed by atoms with Gasteiger partial charge < -0.3 is 15.0 Å². The van der Waals surface area contributed by atoms with Crippen molar-refractivity contribution < 1.29 is 19.1 Å². The second-order valence-corrected chi connectivity index (χ2v) is 6.44. The molecular weight excluding hydrogens is 334 g/mol. The van der Waals surface area contributed by atoms with Crippen molar-refractivity contribution in [2.24, 2.45) is 0 Å². The van der Waals surface area contributed by atoms with Crippen LogP contribution in [0.3, 0.4) is 0 Å². The van der Waals surface area contributed by atoms with Crippen molar-refractivity contribution in [2.75, 3.05) is 26.7 Å². The van der Waals surface area contributed by atoms with E-state index in [1.165, 1.54) is 7.05 Å². The maximum absolute atomic E-state index is 12.2. The Kier molecular flexibility index (Phi) is 4.36. The summed E-state index contributed by atoms with van der Waals surface area (Å²) in [6.07, 6.45) is 0.823. The second kappa shape index (κ2) is 6.32. The molecule has 1 aromatic rings. The molecule has 1 spiro atoms. The van der Waals surface area contributed by atoms with Crippen LogP contribution in [0.4, 0.5) is 4.79 Å². The number of nitrogens with zero attached hydrogens (tertiary/aromatic N) is 2. The van der Waals surface area contributed by atoms with Crippen LogP contribution in [0.25, 0.3) is 0 Å². The quantitative estimate of drug-likeness (QED) is 0.832. The van der Waals surface area contributed by atoms with Crippen LogP contribution in [0, 0.1) is 0 Å². The molecule has 0 aliphatic carbocycles. The van der Waals surface area contributed by atoms with Gasteiger partial charge in [0.25, 0.3) is 11.8 Å². The van der Waals surface area contributed by atoms with Crippen LogP contribution in [-0.4, -0.2) is 59.9 Å². The largest absolute Gasteiger partial charge is 0.484 e. The standard InChI is InChI=1S/C16H18ClN3O4/c1-19-14(22)16(18-15(19)23)6-8-20(9-7-16)13(21)10-24-12-4-2-11(17)3-5-12/h2-5H,6-10H2,1H3,(H,18,23). The van der Waals surface area contributed by atoms with Gasteiger partial charge in [-0.15, -0.1) is 0 Å². The van der Waals surface area contributed by atoms with E-state index >= 15 is 0 Å². The smallest absolute Gasteiger partial charge is 0.324 e. The Hall–Kier alpha value is -2.28. The predicted molar refractivity (Wildman–Crippen MR) is 86.8 cm³/mol. The second-order valence-electron chi connectivity index (χ2n) is 6.00. The fraction of sp³-hybridized carbons (Fsp3) is 0.438. The maximum atomic E-state index is 12.2. The van der Waals surface area contributed by atoms with Gasteiger partial charge in [-0.3, -0.25) is 14.5 Å². The summed E-state index contributed by atoms with van der Waals surface area (Å²) in [6, 6.07) is 6.39. The molecule has 2 aliphatic rings. The number of nitrogens with one attached hydrogen (secondary N) is 1. The Bertz CT molecular complexity index is 668. The van der Waals surface area contributed by atoms with E-state index in [-0.39, 0.29) is 24.5 Å². The molecule has 24 heavy (non-hydrogen) atoms. The highest BCUT2D eigenvalue weighted by Crippen LogP contribution is 2.28. The number of carbonyl (C=O) groups excluding carboxylic acids is 3. The van der Waals surface area contributed by atoms with E-state index in [0.29, 0.717) is 36.7 Å². The Morgan fingerprint density at radius 2 is 1.88 bits per heavy atom. The van der Waals surface area contributed by atoms with Gasteiger partial charge in [0.05, 0.1) is 0 Å². The molecule has 0 unspecified atom stereocenters. The van der Waals surface area contributed by atoms with Crippen LogP contribution in [0.1, 0.15) is 12.8 Å². The van der Waals surface area contributed by atoms with E-state index in [4.69, 9.17) is 16.3 Å². The minimum atomic E-state index is -0.861. The van der Waals surface area contributed by atoms with Crippen LogP contribution in [0.2, 0.25) is 5.02 Å². The fourth-order valence-corrected chi connectivity index (χ4v) is 3.13. The van der Waals surface area contributed by atoms with Crippen molar-refractivity contribution in [3.8, 4) is 5.75 Å². The molecule has 128 valence electrons. The number of likely N-dealkylation sites (N-methyl/N-ethyl adjacent to an activating group) is 1. The van der Waals surface area contributed by atoms with Gasteiger partial charge >= 0.3 is 6.03 Å². The van der Waals surface area contributed by atoms with Gasteiger partial charge in [-0.1, -0.05) is 11.6 Å². The molecule has 8 heteroatoms. The molecule has 2 fully saturated rings. The van der Waals surface area contributed by atoms with Crippen molar-refractivity contribution in [2.45, 2.75) is 18.4 Å². The molecule has 2 saturated heterocycles. The normalized spacial score (nSPS) is 19.6. The van der Waals surface area contributed by atoms with Crippen molar-refractivity contribution in [3.05, 3.63) is 29.3 Å². The molecule has 3 rings (SSSR count). The lowest BCUT2D eigenvalue weighted by Crippen LogP contribution is -2.56. The number of hydrogen-bond donors (Lipinski definition) is 1. The SMILES string of the molecule is CN1C(=O)NC2(CCN(C(=O)COc3ccc(Cl)cc3)CC2)C1=O. The topological polar surface area (TPSA) is 79.0 Å². The van der Waals surface area contributed by atoms with Gasteiger partial charge in [0.15, 0.2) is 6.61 Å². The minimum Gasteiger partial charge on any atom is -0.484 e. The molecule has 0 radical (unpaired) electrons. The number of imide groups is 1. The first kappa shape index (κ1) is 16.6. The number of piperidine rings is 1. The number of likely N-dealkylation sites (tertiary alicyclic amines) is 1. The molecule has 0 aromatic heterocycles. The first-order valence-corrected chi connectivity index (χ1v) is 8.05. The van der Waals surface area contributed by atoms with Crippen molar-refractivity contribution in [1.82, 2.24) is 15.1 Å². The summed E-state index contributed by atoms with van der Waals surface area (Å²) in [4.78, 5) is 38.8. The van der Waals surface area contributed by atoms with Crippen LogP contribution in [0.15, 0.2) is 24.3 Å². The van der Waals surface area contributed by atoms with E-state index in [1.807, 2.05) is 0 Å². The van der Waals surface area contributed by atoms with E-state index < -0.39 is 5.54 Å². The summed E-state index contributed by atoms with van der Waals surface area (Å²) in [5.74, 6) is 0.197. The zero-order valence-electron chi connectivity index (χ0n) is 13.3. The molecular formula is C16H18ClN3O4. The van der Waals surface area contributed by atoms with Crippen molar-refractivity contribution in [3.63, 3.8) is 0 Å². The van der Waals surface area contributed by atoms with Gasteiger partial charge in [0, 0.05) is 25.2 Å². The van der Waals surface area contributed by atoms with Crippen LogP contribution in [-0.2, 0) is 9.59 Å². The third kappa shape index (κ3) is 3.03. The molecule has 4 amide bonds. The number of benzene rings is 1. The first-order chi connectivity index (χ1) is 11.4. The summed E-state index contributed by atoms with van der Waals surface area (Å²) in [5.41, 5.74) is -0.861. The number of ether oxygens (including phenoxy) is 1. The third-order valence-electron chi connectivity index (χ3n) is 4.51. The number of amides is 4. The van der Waals surface area contributed by atoms with Gasteiger partial charge in [0.1, 0.15) is 11.3 Å². The van der Waals surface area contributed by atoms with Gasteiger partial charge in [-0.25, -0.2) is 4.79 Å². The van der Waals surface area contributed by atoms with E-state index in [2.05, 4.69) is 5.32 Å². The lowest BCUT2D eigenvalue weighted by molar-refractivity contribution is -0.139. The Labute approximate surface area is 144 Å². The fourth-order valence-electron chi connectivity index (χ4n) is 3.00. The van der Waals surface area contributed by atoms with Crippen molar-refractivity contribution in [1.29, 1.82) is 0 Å². The average molecular weight is 352 g/mol. The lowest BCUT2D eigenvalue weighted by atomic mass is 9.87. The summed E-state index contributed by atoms with van der Waals surface area (Å²) < 4.78 is 5.45. The monoisotopic (exact) mass is 351 g/mol.